The van der Waals surface area contributed by atoms with Gasteiger partial charge >= 0.3 is 0 Å². The molecule has 2 atom stereocenters. The van der Waals surface area contributed by atoms with E-state index in [-0.39, 0.29) is 12.4 Å². The molecule has 2 rings (SSSR count). The lowest BCUT2D eigenvalue weighted by atomic mass is 9.95. The minimum Gasteiger partial charge on any atom is -0.390 e. The van der Waals surface area contributed by atoms with E-state index in [4.69, 9.17) is 4.74 Å². The van der Waals surface area contributed by atoms with Crippen molar-refractivity contribution in [2.24, 2.45) is 5.92 Å². The Morgan fingerprint density at radius 2 is 1.62 bits per heavy atom. The van der Waals surface area contributed by atoms with Crippen molar-refractivity contribution in [3.8, 4) is 0 Å². The van der Waals surface area contributed by atoms with Crippen LogP contribution in [0.1, 0.15) is 22.8 Å². The number of ketones is 1. The summed E-state index contributed by atoms with van der Waals surface area (Å²) in [5.74, 6) is -0.547. The molecule has 21 heavy (non-hydrogen) atoms. The monoisotopic (exact) mass is 284 g/mol. The number of hydrogen-bond donors (Lipinski definition) is 1. The van der Waals surface area contributed by atoms with E-state index in [0.29, 0.717) is 12.2 Å². The van der Waals surface area contributed by atoms with E-state index in [1.165, 1.54) is 0 Å². The van der Waals surface area contributed by atoms with E-state index in [1.54, 1.807) is 19.1 Å². The maximum Gasteiger partial charge on any atom is 0.168 e. The molecule has 0 unspecified atom stereocenters. The van der Waals surface area contributed by atoms with Gasteiger partial charge in [-0.25, -0.2) is 0 Å². The van der Waals surface area contributed by atoms with Crippen LogP contribution < -0.4 is 0 Å². The average Bonchev–Trinajstić information content (AvgIpc) is 2.55. The predicted molar refractivity (Wildman–Crippen MR) is 82.0 cm³/mol. The Kier molecular flexibility index (Phi) is 5.67. The topological polar surface area (TPSA) is 46.5 Å². The minimum atomic E-state index is -0.804. The highest BCUT2D eigenvalue weighted by Crippen LogP contribution is 2.13. The largest absolute Gasteiger partial charge is 0.390 e. The third-order valence-corrected chi connectivity index (χ3v) is 3.45. The molecule has 0 saturated carbocycles. The molecule has 0 aliphatic heterocycles. The highest BCUT2D eigenvalue weighted by Gasteiger charge is 2.23. The summed E-state index contributed by atoms with van der Waals surface area (Å²) in [6.45, 7) is 2.31. The van der Waals surface area contributed by atoms with Gasteiger partial charge in [-0.2, -0.15) is 0 Å². The molecular formula is C18H20O3. The van der Waals surface area contributed by atoms with Crippen molar-refractivity contribution in [2.75, 3.05) is 6.61 Å². The van der Waals surface area contributed by atoms with Gasteiger partial charge in [-0.1, -0.05) is 67.6 Å². The van der Waals surface area contributed by atoms with Gasteiger partial charge in [-0.15, -0.1) is 0 Å². The van der Waals surface area contributed by atoms with Crippen LogP contribution in [0.3, 0.4) is 0 Å². The van der Waals surface area contributed by atoms with Gasteiger partial charge in [-0.3, -0.25) is 4.79 Å². The first kappa shape index (κ1) is 15.4. The van der Waals surface area contributed by atoms with E-state index >= 15 is 0 Å². The first-order valence-corrected chi connectivity index (χ1v) is 7.07. The summed E-state index contributed by atoms with van der Waals surface area (Å²) in [6.07, 6.45) is -0.804. The van der Waals surface area contributed by atoms with Crippen LogP contribution in [0.25, 0.3) is 0 Å². The van der Waals surface area contributed by atoms with E-state index in [9.17, 15) is 9.90 Å². The number of ether oxygens (including phenoxy) is 1. The number of aliphatic hydroxyl groups excluding tert-OH is 1. The Balaban J connectivity index is 1.82. The fourth-order valence-corrected chi connectivity index (χ4v) is 2.06. The quantitative estimate of drug-likeness (QED) is 0.795. The number of carbonyl (C=O) groups is 1. The van der Waals surface area contributed by atoms with Gasteiger partial charge < -0.3 is 9.84 Å². The number of carbonyl (C=O) groups excluding carboxylic acids is 1. The molecule has 2 aromatic rings. The second-order valence-electron chi connectivity index (χ2n) is 5.09. The molecule has 1 N–H and O–H groups in total. The third kappa shape index (κ3) is 4.52. The molecule has 0 aliphatic rings. The fraction of sp³-hybridized carbons (Fsp3) is 0.278. The van der Waals surface area contributed by atoms with Gasteiger partial charge in [0, 0.05) is 11.5 Å². The molecule has 2 aromatic carbocycles. The molecular weight excluding hydrogens is 264 g/mol. The molecule has 0 aromatic heterocycles. The molecule has 0 bridgehead atoms. The van der Waals surface area contributed by atoms with Crippen LogP contribution in [0.2, 0.25) is 0 Å². The van der Waals surface area contributed by atoms with Gasteiger partial charge in [0.2, 0.25) is 0 Å². The predicted octanol–water partition coefficient (Wildman–Crippen LogP) is 3.08. The maximum atomic E-state index is 12.2. The van der Waals surface area contributed by atoms with Crippen LogP contribution >= 0.6 is 0 Å². The summed E-state index contributed by atoms with van der Waals surface area (Å²) < 4.78 is 5.49. The van der Waals surface area contributed by atoms with E-state index in [0.717, 1.165) is 5.56 Å². The average molecular weight is 284 g/mol. The summed E-state index contributed by atoms with van der Waals surface area (Å²) in [5, 5.41) is 10.1. The lowest BCUT2D eigenvalue weighted by molar-refractivity contribution is 0.00495. The van der Waals surface area contributed by atoms with Gasteiger partial charge in [-0.05, 0) is 5.56 Å². The zero-order valence-corrected chi connectivity index (χ0v) is 12.1. The first-order chi connectivity index (χ1) is 10.2. The van der Waals surface area contributed by atoms with Crippen LogP contribution in [0.5, 0.6) is 0 Å². The van der Waals surface area contributed by atoms with Crippen LogP contribution in [-0.2, 0) is 11.3 Å². The van der Waals surface area contributed by atoms with Crippen LogP contribution in [0, 0.1) is 5.92 Å². The SMILES string of the molecule is C[C@@H](C(=O)c1ccccc1)[C@@H](O)COCc1ccccc1. The Morgan fingerprint density at radius 3 is 2.24 bits per heavy atom. The van der Waals surface area contributed by atoms with Crippen molar-refractivity contribution in [3.63, 3.8) is 0 Å². The van der Waals surface area contributed by atoms with E-state index < -0.39 is 12.0 Å². The summed E-state index contributed by atoms with van der Waals surface area (Å²) in [5.41, 5.74) is 1.67. The summed E-state index contributed by atoms with van der Waals surface area (Å²) in [6, 6.07) is 18.8. The number of rotatable bonds is 7. The Bertz CT molecular complexity index is 551. The number of aliphatic hydroxyl groups is 1. The van der Waals surface area contributed by atoms with Gasteiger partial charge in [0.15, 0.2) is 5.78 Å². The van der Waals surface area contributed by atoms with E-state index in [1.807, 2.05) is 48.5 Å². The molecule has 0 aliphatic carbocycles. The van der Waals surface area contributed by atoms with Crippen molar-refractivity contribution in [1.29, 1.82) is 0 Å². The van der Waals surface area contributed by atoms with Crippen LogP contribution in [-0.4, -0.2) is 23.6 Å². The Morgan fingerprint density at radius 1 is 1.05 bits per heavy atom. The number of Topliss-reactive ketones (excluding diaryl/α,β-unsaturated/α-hetero) is 1. The van der Waals surface area contributed by atoms with Crippen LogP contribution in [0.15, 0.2) is 60.7 Å². The zero-order chi connectivity index (χ0) is 15.1. The third-order valence-electron chi connectivity index (χ3n) is 3.45. The van der Waals surface area contributed by atoms with Gasteiger partial charge in [0.25, 0.3) is 0 Å². The zero-order valence-electron chi connectivity index (χ0n) is 12.1. The first-order valence-electron chi connectivity index (χ1n) is 7.07. The lowest BCUT2D eigenvalue weighted by Gasteiger charge is -2.18. The highest BCUT2D eigenvalue weighted by molar-refractivity contribution is 5.97. The molecule has 0 amide bonds. The fourth-order valence-electron chi connectivity index (χ4n) is 2.06. The molecule has 3 nitrogen and oxygen atoms in total. The molecule has 3 heteroatoms. The standard InChI is InChI=1S/C18H20O3/c1-14(18(20)16-10-6-3-7-11-16)17(19)13-21-12-15-8-4-2-5-9-15/h2-11,14,17,19H,12-13H2,1H3/t14-,17+/m1/s1. The Hall–Kier alpha value is -1.97. The normalized spacial score (nSPS) is 13.6. The number of benzene rings is 2. The highest BCUT2D eigenvalue weighted by atomic mass is 16.5. The molecule has 0 fully saturated rings. The van der Waals surface area contributed by atoms with Gasteiger partial charge in [0.1, 0.15) is 0 Å². The smallest absolute Gasteiger partial charge is 0.168 e. The summed E-state index contributed by atoms with van der Waals surface area (Å²) in [7, 11) is 0. The second-order valence-corrected chi connectivity index (χ2v) is 5.09. The second kappa shape index (κ2) is 7.72. The molecule has 0 saturated heterocycles. The molecule has 0 spiro atoms. The van der Waals surface area contributed by atoms with Crippen molar-refractivity contribution in [1.82, 2.24) is 0 Å². The molecule has 110 valence electrons. The maximum absolute atomic E-state index is 12.2. The molecule has 0 radical (unpaired) electrons. The van der Waals surface area contributed by atoms with Crippen molar-refractivity contribution < 1.29 is 14.6 Å². The lowest BCUT2D eigenvalue weighted by Crippen LogP contribution is -2.30. The van der Waals surface area contributed by atoms with Crippen molar-refractivity contribution >= 4 is 5.78 Å². The Labute approximate surface area is 125 Å². The van der Waals surface area contributed by atoms with Crippen LogP contribution in [0.4, 0.5) is 0 Å². The molecule has 0 heterocycles. The van der Waals surface area contributed by atoms with Gasteiger partial charge in [0.05, 0.1) is 19.3 Å². The van der Waals surface area contributed by atoms with Crippen molar-refractivity contribution in [2.45, 2.75) is 19.6 Å². The summed E-state index contributed by atoms with van der Waals surface area (Å²) >= 11 is 0. The summed E-state index contributed by atoms with van der Waals surface area (Å²) in [4.78, 5) is 12.2. The van der Waals surface area contributed by atoms with E-state index in [2.05, 4.69) is 0 Å². The number of hydrogen-bond acceptors (Lipinski definition) is 3. The van der Waals surface area contributed by atoms with Crippen molar-refractivity contribution in [3.05, 3.63) is 71.8 Å². The minimum absolute atomic E-state index is 0.0635.